The summed E-state index contributed by atoms with van der Waals surface area (Å²) in [6.45, 7) is 4.69. The molecular formula is C8H16N2. The molecule has 1 atom stereocenters. The number of likely N-dealkylation sites (N-methyl/N-ethyl adjacent to an activating group) is 1. The maximum atomic E-state index is 3.52. The molecule has 2 fully saturated rings. The van der Waals surface area contributed by atoms with Crippen LogP contribution in [-0.4, -0.2) is 36.6 Å². The highest BCUT2D eigenvalue weighted by Crippen LogP contribution is 2.41. The first-order valence-electron chi connectivity index (χ1n) is 4.18. The summed E-state index contributed by atoms with van der Waals surface area (Å²) in [6.07, 6.45) is 2.81. The molecule has 1 saturated carbocycles. The molecule has 0 radical (unpaired) electrons. The van der Waals surface area contributed by atoms with Gasteiger partial charge in [-0.25, -0.2) is 0 Å². The van der Waals surface area contributed by atoms with Gasteiger partial charge >= 0.3 is 0 Å². The lowest BCUT2D eigenvalue weighted by Crippen LogP contribution is -2.55. The van der Waals surface area contributed by atoms with Gasteiger partial charge in [-0.15, -0.1) is 0 Å². The van der Waals surface area contributed by atoms with E-state index in [0.29, 0.717) is 11.6 Å². The summed E-state index contributed by atoms with van der Waals surface area (Å²) >= 11 is 0. The number of hydrogen-bond donors (Lipinski definition) is 1. The van der Waals surface area contributed by atoms with Crippen LogP contribution in [0.15, 0.2) is 0 Å². The summed E-state index contributed by atoms with van der Waals surface area (Å²) in [7, 11) is 2.25. The van der Waals surface area contributed by atoms with Crippen LogP contribution in [-0.2, 0) is 0 Å². The molecule has 1 aliphatic heterocycles. The number of piperazine rings is 1. The van der Waals surface area contributed by atoms with Gasteiger partial charge in [0.2, 0.25) is 0 Å². The van der Waals surface area contributed by atoms with E-state index < -0.39 is 0 Å². The summed E-state index contributed by atoms with van der Waals surface area (Å²) in [5, 5.41) is 3.52. The Balaban J connectivity index is 2.01. The monoisotopic (exact) mass is 140 g/mol. The Morgan fingerprint density at radius 2 is 2.20 bits per heavy atom. The predicted molar refractivity (Wildman–Crippen MR) is 42.1 cm³/mol. The second kappa shape index (κ2) is 1.95. The van der Waals surface area contributed by atoms with Gasteiger partial charge in [-0.2, -0.15) is 0 Å². The van der Waals surface area contributed by atoms with Gasteiger partial charge in [-0.05, 0) is 26.8 Å². The molecule has 0 aromatic carbocycles. The molecule has 0 aromatic heterocycles. The standard InChI is InChI=1S/C8H16N2/c1-7-5-10(2)8(3-4-8)6-9-7/h7,9H,3-6H2,1-2H3/t7-/m1/s1. The van der Waals surface area contributed by atoms with Crippen LogP contribution in [0.1, 0.15) is 19.8 Å². The van der Waals surface area contributed by atoms with Crippen molar-refractivity contribution in [2.75, 3.05) is 20.1 Å². The molecule has 10 heavy (non-hydrogen) atoms. The van der Waals surface area contributed by atoms with Crippen LogP contribution >= 0.6 is 0 Å². The van der Waals surface area contributed by atoms with E-state index in [9.17, 15) is 0 Å². The minimum Gasteiger partial charge on any atom is -0.311 e. The van der Waals surface area contributed by atoms with Crippen molar-refractivity contribution in [2.45, 2.75) is 31.3 Å². The van der Waals surface area contributed by atoms with E-state index in [4.69, 9.17) is 0 Å². The lowest BCUT2D eigenvalue weighted by molar-refractivity contribution is 0.151. The van der Waals surface area contributed by atoms with E-state index in [1.165, 1.54) is 25.9 Å². The Morgan fingerprint density at radius 1 is 1.50 bits per heavy atom. The van der Waals surface area contributed by atoms with E-state index in [-0.39, 0.29) is 0 Å². The normalized spacial score (nSPS) is 38.4. The zero-order valence-electron chi connectivity index (χ0n) is 6.85. The van der Waals surface area contributed by atoms with Crippen LogP contribution in [0.25, 0.3) is 0 Å². The first-order chi connectivity index (χ1) is 4.73. The topological polar surface area (TPSA) is 15.3 Å². The average molecular weight is 140 g/mol. The number of nitrogens with one attached hydrogen (secondary N) is 1. The van der Waals surface area contributed by atoms with Crippen molar-refractivity contribution in [1.82, 2.24) is 10.2 Å². The van der Waals surface area contributed by atoms with Gasteiger partial charge in [-0.1, -0.05) is 0 Å². The van der Waals surface area contributed by atoms with E-state index in [2.05, 4.69) is 24.2 Å². The molecule has 1 heterocycles. The minimum absolute atomic E-state index is 0.590. The molecule has 0 aromatic rings. The molecule has 1 spiro atoms. The van der Waals surface area contributed by atoms with E-state index in [1.807, 2.05) is 0 Å². The Morgan fingerprint density at radius 3 is 2.70 bits per heavy atom. The molecule has 2 nitrogen and oxygen atoms in total. The Labute approximate surface area is 62.6 Å². The summed E-state index contributed by atoms with van der Waals surface area (Å²) in [5.74, 6) is 0. The van der Waals surface area contributed by atoms with Crippen molar-refractivity contribution in [3.05, 3.63) is 0 Å². The van der Waals surface area contributed by atoms with E-state index >= 15 is 0 Å². The molecule has 58 valence electrons. The zero-order chi connectivity index (χ0) is 7.19. The zero-order valence-corrected chi connectivity index (χ0v) is 6.85. The largest absolute Gasteiger partial charge is 0.311 e. The van der Waals surface area contributed by atoms with Gasteiger partial charge in [-0.3, -0.25) is 4.90 Å². The van der Waals surface area contributed by atoms with E-state index in [0.717, 1.165) is 0 Å². The Hall–Kier alpha value is -0.0800. The van der Waals surface area contributed by atoms with Gasteiger partial charge < -0.3 is 5.32 Å². The average Bonchev–Trinajstić information content (AvgIpc) is 2.62. The quantitative estimate of drug-likeness (QED) is 0.525. The fourth-order valence-electron chi connectivity index (χ4n) is 1.87. The minimum atomic E-state index is 0.590. The highest BCUT2D eigenvalue weighted by Gasteiger charge is 2.48. The summed E-state index contributed by atoms with van der Waals surface area (Å²) in [4.78, 5) is 2.52. The number of nitrogens with zero attached hydrogens (tertiary/aromatic N) is 1. The molecule has 2 aliphatic rings. The lowest BCUT2D eigenvalue weighted by Gasteiger charge is -2.37. The highest BCUT2D eigenvalue weighted by molar-refractivity contribution is 5.07. The molecular weight excluding hydrogens is 124 g/mol. The van der Waals surface area contributed by atoms with Crippen molar-refractivity contribution in [1.29, 1.82) is 0 Å². The first-order valence-corrected chi connectivity index (χ1v) is 4.18. The highest BCUT2D eigenvalue weighted by atomic mass is 15.3. The summed E-state index contributed by atoms with van der Waals surface area (Å²) in [6, 6.07) is 0.691. The van der Waals surface area contributed by atoms with Crippen molar-refractivity contribution < 1.29 is 0 Å². The fourth-order valence-corrected chi connectivity index (χ4v) is 1.87. The third-order valence-electron chi connectivity index (χ3n) is 2.96. The first kappa shape index (κ1) is 6.62. The third-order valence-corrected chi connectivity index (χ3v) is 2.96. The predicted octanol–water partition coefficient (Wildman–Crippen LogP) is 0.442. The van der Waals surface area contributed by atoms with Crippen LogP contribution < -0.4 is 5.32 Å². The number of hydrogen-bond acceptors (Lipinski definition) is 2. The van der Waals surface area contributed by atoms with Crippen LogP contribution in [0.2, 0.25) is 0 Å². The van der Waals surface area contributed by atoms with Crippen LogP contribution in [0, 0.1) is 0 Å². The smallest absolute Gasteiger partial charge is 0.0333 e. The van der Waals surface area contributed by atoms with Crippen molar-refractivity contribution in [3.8, 4) is 0 Å². The van der Waals surface area contributed by atoms with Crippen LogP contribution in [0.3, 0.4) is 0 Å². The van der Waals surface area contributed by atoms with Crippen molar-refractivity contribution in [3.63, 3.8) is 0 Å². The molecule has 0 unspecified atom stereocenters. The molecule has 0 bridgehead atoms. The summed E-state index contributed by atoms with van der Waals surface area (Å²) < 4.78 is 0. The van der Waals surface area contributed by atoms with E-state index in [1.54, 1.807) is 0 Å². The maximum Gasteiger partial charge on any atom is 0.0333 e. The third kappa shape index (κ3) is 0.867. The molecule has 1 aliphatic carbocycles. The van der Waals surface area contributed by atoms with Crippen molar-refractivity contribution >= 4 is 0 Å². The molecule has 1 N–H and O–H groups in total. The van der Waals surface area contributed by atoms with Gasteiger partial charge in [0.15, 0.2) is 0 Å². The van der Waals surface area contributed by atoms with Crippen LogP contribution in [0.5, 0.6) is 0 Å². The lowest BCUT2D eigenvalue weighted by atomic mass is 10.1. The van der Waals surface area contributed by atoms with Crippen molar-refractivity contribution in [2.24, 2.45) is 0 Å². The maximum absolute atomic E-state index is 3.52. The van der Waals surface area contributed by atoms with Gasteiger partial charge in [0.05, 0.1) is 0 Å². The molecule has 1 saturated heterocycles. The summed E-state index contributed by atoms with van der Waals surface area (Å²) in [5.41, 5.74) is 0.590. The molecule has 2 rings (SSSR count). The van der Waals surface area contributed by atoms with Gasteiger partial charge in [0, 0.05) is 24.7 Å². The van der Waals surface area contributed by atoms with Crippen LogP contribution in [0.4, 0.5) is 0 Å². The number of rotatable bonds is 0. The second-order valence-electron chi connectivity index (χ2n) is 3.89. The van der Waals surface area contributed by atoms with Gasteiger partial charge in [0.25, 0.3) is 0 Å². The molecule has 2 heteroatoms. The molecule has 0 amide bonds. The second-order valence-corrected chi connectivity index (χ2v) is 3.89. The SMILES string of the molecule is C[C@@H]1CN(C)C2(CC2)CN1. The Bertz CT molecular complexity index is 140. The van der Waals surface area contributed by atoms with Gasteiger partial charge in [0.1, 0.15) is 0 Å². The fraction of sp³-hybridized carbons (Fsp3) is 1.00. The Kier molecular flexibility index (Phi) is 1.29.